The number of nitro groups is 1. The van der Waals surface area contributed by atoms with Gasteiger partial charge in [0.05, 0.1) is 4.92 Å². The van der Waals surface area contributed by atoms with Gasteiger partial charge in [-0.05, 0) is 47.0 Å². The van der Waals surface area contributed by atoms with Crippen molar-refractivity contribution in [2.24, 2.45) is 0 Å². The summed E-state index contributed by atoms with van der Waals surface area (Å²) < 4.78 is 5.56. The van der Waals surface area contributed by atoms with Crippen LogP contribution in [-0.4, -0.2) is 41.8 Å². The smallest absolute Gasteiger partial charge is 0.311 e. The third kappa shape index (κ3) is 3.77. The van der Waals surface area contributed by atoms with Crippen molar-refractivity contribution in [3.8, 4) is 5.75 Å². The Labute approximate surface area is 118 Å². The second-order valence-corrected chi connectivity index (χ2v) is 5.49. The highest BCUT2D eigenvalue weighted by molar-refractivity contribution is 5.95. The number of benzene rings is 1. The fraction of sp³-hybridized carbons (Fsp3) is 0.500. The van der Waals surface area contributed by atoms with E-state index in [0.29, 0.717) is 12.2 Å². The lowest BCUT2D eigenvalue weighted by Gasteiger charge is -2.32. The van der Waals surface area contributed by atoms with E-state index in [1.165, 1.54) is 25.1 Å². The second-order valence-electron chi connectivity index (χ2n) is 5.49. The SMILES string of the molecule is CC(=O)c1ccc(OCC(C)(C)N(C)C)c([N+](=O)[O-])c1. The van der Waals surface area contributed by atoms with Gasteiger partial charge in [-0.2, -0.15) is 0 Å². The Morgan fingerprint density at radius 1 is 1.40 bits per heavy atom. The van der Waals surface area contributed by atoms with E-state index in [0.717, 1.165) is 0 Å². The van der Waals surface area contributed by atoms with Gasteiger partial charge in [0.25, 0.3) is 0 Å². The number of carbonyl (C=O) groups excluding carboxylic acids is 1. The number of ketones is 1. The zero-order valence-electron chi connectivity index (χ0n) is 12.5. The highest BCUT2D eigenvalue weighted by Gasteiger charge is 2.24. The van der Waals surface area contributed by atoms with Gasteiger partial charge in [0.15, 0.2) is 11.5 Å². The molecule has 0 N–H and O–H groups in total. The molecule has 6 heteroatoms. The van der Waals surface area contributed by atoms with Crippen molar-refractivity contribution in [2.75, 3.05) is 20.7 Å². The van der Waals surface area contributed by atoms with E-state index < -0.39 is 4.92 Å². The third-order valence-electron chi connectivity index (χ3n) is 3.35. The largest absolute Gasteiger partial charge is 0.485 e. The number of nitrogens with zero attached hydrogens (tertiary/aromatic N) is 2. The summed E-state index contributed by atoms with van der Waals surface area (Å²) in [5.74, 6) is -0.0387. The van der Waals surface area contributed by atoms with Crippen LogP contribution in [0.1, 0.15) is 31.1 Å². The third-order valence-corrected chi connectivity index (χ3v) is 3.35. The first-order valence-electron chi connectivity index (χ1n) is 6.25. The van der Waals surface area contributed by atoms with E-state index in [-0.39, 0.29) is 22.8 Å². The molecule has 0 aliphatic rings. The number of hydrogen-bond acceptors (Lipinski definition) is 5. The van der Waals surface area contributed by atoms with Crippen LogP contribution in [0.25, 0.3) is 0 Å². The molecule has 0 aliphatic heterocycles. The molecule has 0 saturated heterocycles. The second kappa shape index (κ2) is 6.00. The molecule has 0 spiro atoms. The van der Waals surface area contributed by atoms with Gasteiger partial charge in [-0.15, -0.1) is 0 Å². The maximum Gasteiger partial charge on any atom is 0.311 e. The minimum Gasteiger partial charge on any atom is -0.485 e. The number of rotatable bonds is 6. The molecule has 0 aromatic heterocycles. The van der Waals surface area contributed by atoms with Crippen molar-refractivity contribution in [2.45, 2.75) is 26.3 Å². The predicted molar refractivity (Wildman–Crippen MR) is 76.4 cm³/mol. The van der Waals surface area contributed by atoms with Crippen LogP contribution >= 0.6 is 0 Å². The van der Waals surface area contributed by atoms with Gasteiger partial charge in [0, 0.05) is 17.2 Å². The summed E-state index contributed by atoms with van der Waals surface area (Å²) in [6, 6.07) is 4.26. The summed E-state index contributed by atoms with van der Waals surface area (Å²) in [7, 11) is 3.83. The van der Waals surface area contributed by atoms with Crippen molar-refractivity contribution < 1.29 is 14.5 Å². The number of nitro benzene ring substituents is 1. The highest BCUT2D eigenvalue weighted by atomic mass is 16.6. The van der Waals surface area contributed by atoms with Gasteiger partial charge in [-0.25, -0.2) is 0 Å². The van der Waals surface area contributed by atoms with Crippen molar-refractivity contribution in [3.05, 3.63) is 33.9 Å². The van der Waals surface area contributed by atoms with E-state index in [1.807, 2.05) is 32.8 Å². The lowest BCUT2D eigenvalue weighted by Crippen LogP contribution is -2.43. The molecule has 0 bridgehead atoms. The summed E-state index contributed by atoms with van der Waals surface area (Å²) >= 11 is 0. The molecule has 1 aromatic rings. The Bertz CT molecular complexity index is 524. The van der Waals surface area contributed by atoms with Crippen molar-refractivity contribution in [1.29, 1.82) is 0 Å². The molecule has 1 rings (SSSR count). The zero-order chi connectivity index (χ0) is 15.5. The van der Waals surface area contributed by atoms with Crippen LogP contribution in [0.5, 0.6) is 5.75 Å². The van der Waals surface area contributed by atoms with Gasteiger partial charge in [-0.3, -0.25) is 14.9 Å². The van der Waals surface area contributed by atoms with Crippen molar-refractivity contribution in [3.63, 3.8) is 0 Å². The Hall–Kier alpha value is -1.95. The van der Waals surface area contributed by atoms with E-state index >= 15 is 0 Å². The minimum absolute atomic E-state index is 0.176. The monoisotopic (exact) mass is 280 g/mol. The van der Waals surface area contributed by atoms with Crippen LogP contribution in [-0.2, 0) is 0 Å². The average Bonchev–Trinajstić information content (AvgIpc) is 2.35. The molecular weight excluding hydrogens is 260 g/mol. The zero-order valence-corrected chi connectivity index (χ0v) is 12.5. The van der Waals surface area contributed by atoms with Crippen molar-refractivity contribution in [1.82, 2.24) is 4.90 Å². The van der Waals surface area contributed by atoms with Crippen LogP contribution in [0, 0.1) is 10.1 Å². The van der Waals surface area contributed by atoms with Gasteiger partial charge < -0.3 is 9.64 Å². The molecule has 1 aromatic carbocycles. The molecule has 0 aliphatic carbocycles. The van der Waals surface area contributed by atoms with Gasteiger partial charge >= 0.3 is 5.69 Å². The summed E-state index contributed by atoms with van der Waals surface area (Å²) in [5, 5.41) is 11.1. The molecule has 20 heavy (non-hydrogen) atoms. The predicted octanol–water partition coefficient (Wildman–Crippen LogP) is 2.52. The first-order valence-corrected chi connectivity index (χ1v) is 6.25. The number of Topliss-reactive ketones (excluding diaryl/α,β-unsaturated/α-hetero) is 1. The molecule has 0 atom stereocenters. The van der Waals surface area contributed by atoms with Gasteiger partial charge in [0.2, 0.25) is 0 Å². The summed E-state index contributed by atoms with van der Waals surface area (Å²) in [6.07, 6.45) is 0. The normalized spacial score (nSPS) is 11.5. The van der Waals surface area contributed by atoms with E-state index in [1.54, 1.807) is 0 Å². The fourth-order valence-corrected chi connectivity index (χ4v) is 1.38. The van der Waals surface area contributed by atoms with Crippen LogP contribution in [0.3, 0.4) is 0 Å². The molecule has 0 radical (unpaired) electrons. The summed E-state index contributed by atoms with van der Waals surface area (Å²) in [4.78, 5) is 23.8. The minimum atomic E-state index is -0.537. The lowest BCUT2D eigenvalue weighted by atomic mass is 10.1. The van der Waals surface area contributed by atoms with Gasteiger partial charge in [0.1, 0.15) is 6.61 Å². The fourth-order valence-electron chi connectivity index (χ4n) is 1.38. The first-order chi connectivity index (χ1) is 9.15. The maximum absolute atomic E-state index is 11.3. The molecule has 0 fully saturated rings. The number of ether oxygens (including phenoxy) is 1. The van der Waals surface area contributed by atoms with Crippen molar-refractivity contribution >= 4 is 11.5 Å². The van der Waals surface area contributed by atoms with E-state index in [2.05, 4.69) is 0 Å². The molecular formula is C14H20N2O4. The Morgan fingerprint density at radius 2 is 2.00 bits per heavy atom. The maximum atomic E-state index is 11.3. The highest BCUT2D eigenvalue weighted by Crippen LogP contribution is 2.29. The molecule has 0 unspecified atom stereocenters. The number of likely N-dealkylation sites (N-methyl/N-ethyl adjacent to an activating group) is 1. The lowest BCUT2D eigenvalue weighted by molar-refractivity contribution is -0.386. The van der Waals surface area contributed by atoms with Crippen LogP contribution < -0.4 is 4.74 Å². The summed E-state index contributed by atoms with van der Waals surface area (Å²) in [6.45, 7) is 5.63. The van der Waals surface area contributed by atoms with Crippen LogP contribution in [0.4, 0.5) is 5.69 Å². The Kier molecular flexibility index (Phi) is 4.83. The van der Waals surface area contributed by atoms with E-state index in [4.69, 9.17) is 4.74 Å². The Morgan fingerprint density at radius 3 is 2.45 bits per heavy atom. The number of hydrogen-bond donors (Lipinski definition) is 0. The Balaban J connectivity index is 3.01. The molecule has 0 amide bonds. The summed E-state index contributed by atoms with van der Waals surface area (Å²) in [5.41, 5.74) is -0.143. The van der Waals surface area contributed by atoms with Crippen LogP contribution in [0.2, 0.25) is 0 Å². The first kappa shape index (κ1) is 16.1. The molecule has 0 saturated carbocycles. The molecule has 6 nitrogen and oxygen atoms in total. The standard InChI is InChI=1S/C14H20N2O4/c1-10(17)11-6-7-13(12(8-11)16(18)19)20-9-14(2,3)15(4)5/h6-8H,9H2,1-5H3. The average molecular weight is 280 g/mol. The van der Waals surface area contributed by atoms with Crippen LogP contribution in [0.15, 0.2) is 18.2 Å². The number of carbonyl (C=O) groups is 1. The molecule has 0 heterocycles. The quantitative estimate of drug-likeness (QED) is 0.455. The topological polar surface area (TPSA) is 72.7 Å². The van der Waals surface area contributed by atoms with Gasteiger partial charge in [-0.1, -0.05) is 0 Å². The molecule has 110 valence electrons. The van der Waals surface area contributed by atoms with E-state index in [9.17, 15) is 14.9 Å².